The summed E-state index contributed by atoms with van der Waals surface area (Å²) in [5.41, 5.74) is 2.66. The Labute approximate surface area is 117 Å². The van der Waals surface area contributed by atoms with E-state index in [1.807, 2.05) is 11.8 Å². The highest BCUT2D eigenvalue weighted by Gasteiger charge is 2.21. The number of rotatable bonds is 4. The second-order valence-electron chi connectivity index (χ2n) is 4.79. The van der Waals surface area contributed by atoms with Gasteiger partial charge in [-0.25, -0.2) is 5.84 Å². The van der Waals surface area contributed by atoms with Gasteiger partial charge in [-0.3, -0.25) is 15.1 Å². The van der Waals surface area contributed by atoms with Crippen LogP contribution in [-0.2, 0) is 6.54 Å². The zero-order chi connectivity index (χ0) is 13.8. The van der Waals surface area contributed by atoms with Crippen molar-refractivity contribution < 1.29 is 9.21 Å². The van der Waals surface area contributed by atoms with Crippen molar-refractivity contribution in [2.24, 2.45) is 5.84 Å². The zero-order valence-electron chi connectivity index (χ0n) is 11.4. The quantitative estimate of drug-likeness (QED) is 0.498. The first-order valence-electron chi connectivity index (χ1n) is 6.58. The van der Waals surface area contributed by atoms with Gasteiger partial charge in [-0.15, -0.1) is 0 Å². The van der Waals surface area contributed by atoms with Crippen molar-refractivity contribution in [3.8, 4) is 0 Å². The molecule has 1 amide bonds. The van der Waals surface area contributed by atoms with Crippen LogP contribution in [0.25, 0.3) is 0 Å². The standard InChI is InChI=1S/C13H21N3O2S/c1-3-11-8-16(4-5-19-11)7-10-6-12(9(2)18-10)13(17)15-14/h6,11H,3-5,7-8,14H2,1-2H3,(H,15,17). The maximum atomic E-state index is 11.5. The largest absolute Gasteiger partial charge is 0.464 e. The van der Waals surface area contributed by atoms with Crippen molar-refractivity contribution in [2.75, 3.05) is 18.8 Å². The van der Waals surface area contributed by atoms with Crippen molar-refractivity contribution in [3.05, 3.63) is 23.2 Å². The molecule has 2 rings (SSSR count). The molecular weight excluding hydrogens is 262 g/mol. The molecule has 19 heavy (non-hydrogen) atoms. The molecule has 5 nitrogen and oxygen atoms in total. The van der Waals surface area contributed by atoms with Crippen molar-refractivity contribution in [2.45, 2.75) is 32.1 Å². The molecule has 1 saturated heterocycles. The monoisotopic (exact) mass is 283 g/mol. The number of nitrogen functional groups attached to an aromatic ring is 1. The lowest BCUT2D eigenvalue weighted by Gasteiger charge is -2.31. The number of hydrogen-bond acceptors (Lipinski definition) is 5. The molecule has 1 atom stereocenters. The number of nitrogens with two attached hydrogens (primary N) is 1. The van der Waals surface area contributed by atoms with E-state index in [0.29, 0.717) is 16.6 Å². The van der Waals surface area contributed by atoms with Gasteiger partial charge in [0.05, 0.1) is 12.1 Å². The van der Waals surface area contributed by atoms with Crippen LogP contribution in [0.15, 0.2) is 10.5 Å². The highest BCUT2D eigenvalue weighted by molar-refractivity contribution is 8.00. The van der Waals surface area contributed by atoms with Gasteiger partial charge in [0.25, 0.3) is 5.91 Å². The van der Waals surface area contributed by atoms with Crippen molar-refractivity contribution >= 4 is 17.7 Å². The summed E-state index contributed by atoms with van der Waals surface area (Å²) in [5.74, 6) is 7.46. The Bertz CT molecular complexity index is 447. The molecule has 0 bridgehead atoms. The van der Waals surface area contributed by atoms with E-state index >= 15 is 0 Å². The smallest absolute Gasteiger partial charge is 0.268 e. The number of thioether (sulfide) groups is 1. The SMILES string of the molecule is CCC1CN(Cc2cc(C(=O)NN)c(C)o2)CCS1. The number of amides is 1. The van der Waals surface area contributed by atoms with Gasteiger partial charge in [0.1, 0.15) is 11.5 Å². The predicted octanol–water partition coefficient (Wildman–Crippen LogP) is 1.52. The molecule has 1 aliphatic rings. The number of nitrogens with one attached hydrogen (secondary N) is 1. The van der Waals surface area contributed by atoms with Crippen LogP contribution in [0.1, 0.15) is 35.2 Å². The van der Waals surface area contributed by atoms with Crippen molar-refractivity contribution in [3.63, 3.8) is 0 Å². The Balaban J connectivity index is 2.01. The van der Waals surface area contributed by atoms with Gasteiger partial charge >= 0.3 is 0 Å². The molecular formula is C13H21N3O2S. The van der Waals surface area contributed by atoms with E-state index in [1.54, 1.807) is 13.0 Å². The van der Waals surface area contributed by atoms with E-state index in [-0.39, 0.29) is 5.91 Å². The second-order valence-corrected chi connectivity index (χ2v) is 6.20. The summed E-state index contributed by atoms with van der Waals surface area (Å²) in [7, 11) is 0. The number of hydrazine groups is 1. The zero-order valence-corrected chi connectivity index (χ0v) is 12.3. The first kappa shape index (κ1) is 14.4. The number of carbonyl (C=O) groups excluding carboxylic acids is 1. The summed E-state index contributed by atoms with van der Waals surface area (Å²) in [5, 5.41) is 0.705. The Hall–Kier alpha value is -0.980. The van der Waals surface area contributed by atoms with Gasteiger partial charge in [-0.1, -0.05) is 6.92 Å². The van der Waals surface area contributed by atoms with Crippen LogP contribution >= 0.6 is 11.8 Å². The Kier molecular flexibility index (Phi) is 4.90. The first-order chi connectivity index (χ1) is 9.13. The molecule has 0 saturated carbocycles. The summed E-state index contributed by atoms with van der Waals surface area (Å²) in [4.78, 5) is 13.9. The minimum absolute atomic E-state index is 0.298. The lowest BCUT2D eigenvalue weighted by Crippen LogP contribution is -2.36. The average molecular weight is 283 g/mol. The van der Waals surface area contributed by atoms with Crippen LogP contribution in [0.4, 0.5) is 0 Å². The Morgan fingerprint density at radius 2 is 2.47 bits per heavy atom. The first-order valence-corrected chi connectivity index (χ1v) is 7.63. The van der Waals surface area contributed by atoms with Gasteiger partial charge < -0.3 is 4.42 Å². The van der Waals surface area contributed by atoms with Crippen molar-refractivity contribution in [1.82, 2.24) is 10.3 Å². The van der Waals surface area contributed by atoms with E-state index < -0.39 is 0 Å². The van der Waals surface area contributed by atoms with Gasteiger partial charge in [0.15, 0.2) is 0 Å². The molecule has 1 aliphatic heterocycles. The van der Waals surface area contributed by atoms with E-state index in [1.165, 1.54) is 6.42 Å². The molecule has 2 heterocycles. The Morgan fingerprint density at radius 1 is 1.68 bits per heavy atom. The summed E-state index contributed by atoms with van der Waals surface area (Å²) in [6.07, 6.45) is 1.19. The third-order valence-corrected chi connectivity index (χ3v) is 4.77. The maximum absolute atomic E-state index is 11.5. The van der Waals surface area contributed by atoms with Crippen LogP contribution in [0.3, 0.4) is 0 Å². The molecule has 1 unspecified atom stereocenters. The molecule has 1 aromatic rings. The van der Waals surface area contributed by atoms with E-state index in [2.05, 4.69) is 17.2 Å². The highest BCUT2D eigenvalue weighted by Crippen LogP contribution is 2.23. The minimum atomic E-state index is -0.298. The predicted molar refractivity (Wildman–Crippen MR) is 76.9 cm³/mol. The normalized spacial score (nSPS) is 20.5. The van der Waals surface area contributed by atoms with Crippen LogP contribution in [0.5, 0.6) is 0 Å². The number of carbonyl (C=O) groups is 1. The Morgan fingerprint density at radius 3 is 3.16 bits per heavy atom. The van der Waals surface area contributed by atoms with Crippen molar-refractivity contribution in [1.29, 1.82) is 0 Å². The minimum Gasteiger partial charge on any atom is -0.464 e. The number of furan rings is 1. The fourth-order valence-electron chi connectivity index (χ4n) is 2.32. The molecule has 3 N–H and O–H groups in total. The fraction of sp³-hybridized carbons (Fsp3) is 0.615. The van der Waals surface area contributed by atoms with Crippen LogP contribution < -0.4 is 11.3 Å². The van der Waals surface area contributed by atoms with Gasteiger partial charge in [0, 0.05) is 24.1 Å². The average Bonchev–Trinajstić information content (AvgIpc) is 2.79. The molecule has 1 fully saturated rings. The molecule has 0 radical (unpaired) electrons. The molecule has 106 valence electrons. The van der Waals surface area contributed by atoms with E-state index in [0.717, 1.165) is 31.1 Å². The molecule has 0 spiro atoms. The van der Waals surface area contributed by atoms with Gasteiger partial charge in [-0.2, -0.15) is 11.8 Å². The summed E-state index contributed by atoms with van der Waals surface area (Å²) in [6, 6.07) is 1.79. The topological polar surface area (TPSA) is 71.5 Å². The molecule has 0 aliphatic carbocycles. The van der Waals surface area contributed by atoms with Gasteiger partial charge in [-0.05, 0) is 19.4 Å². The van der Waals surface area contributed by atoms with Crippen LogP contribution in [0, 0.1) is 6.92 Å². The fourth-order valence-corrected chi connectivity index (χ4v) is 3.57. The third kappa shape index (κ3) is 3.52. The summed E-state index contributed by atoms with van der Waals surface area (Å²) in [6.45, 7) is 6.92. The lowest BCUT2D eigenvalue weighted by molar-refractivity contribution is 0.0952. The number of aryl methyl sites for hydroxylation is 1. The van der Waals surface area contributed by atoms with E-state index in [9.17, 15) is 4.79 Å². The number of hydrogen-bond donors (Lipinski definition) is 2. The third-order valence-electron chi connectivity index (χ3n) is 3.40. The van der Waals surface area contributed by atoms with E-state index in [4.69, 9.17) is 10.3 Å². The highest BCUT2D eigenvalue weighted by atomic mass is 32.2. The van der Waals surface area contributed by atoms with Gasteiger partial charge in [0.2, 0.25) is 0 Å². The molecule has 1 aromatic heterocycles. The maximum Gasteiger partial charge on any atom is 0.268 e. The van der Waals surface area contributed by atoms with Crippen LogP contribution in [-0.4, -0.2) is 34.9 Å². The lowest BCUT2D eigenvalue weighted by atomic mass is 10.2. The molecule has 6 heteroatoms. The second kappa shape index (κ2) is 6.45. The number of nitrogens with zero attached hydrogens (tertiary/aromatic N) is 1. The summed E-state index contributed by atoms with van der Waals surface area (Å²) >= 11 is 2.04. The van der Waals surface area contributed by atoms with Crippen LogP contribution in [0.2, 0.25) is 0 Å². The molecule has 0 aromatic carbocycles. The summed E-state index contributed by atoms with van der Waals surface area (Å²) < 4.78 is 5.64.